The van der Waals surface area contributed by atoms with Crippen molar-refractivity contribution >= 4 is 63.2 Å². The topological polar surface area (TPSA) is 66.7 Å². The van der Waals surface area contributed by atoms with Crippen LogP contribution >= 0.6 is 40.7 Å². The molecule has 0 saturated carbocycles. The second kappa shape index (κ2) is 6.61. The molecule has 0 unspecified atom stereocenters. The van der Waals surface area contributed by atoms with Crippen molar-refractivity contribution in [3.63, 3.8) is 0 Å². The predicted octanol–water partition coefficient (Wildman–Crippen LogP) is 3.13. The first-order valence-corrected chi connectivity index (χ1v) is 6.38. The summed E-state index contributed by atoms with van der Waals surface area (Å²) in [6.45, 7) is 1.97. The lowest BCUT2D eigenvalue weighted by Crippen LogP contribution is -2.19. The van der Waals surface area contributed by atoms with Gasteiger partial charge >= 0.3 is 0 Å². The molecule has 3 rings (SSSR count). The number of nitrogens with zero attached hydrogens (tertiary/aromatic N) is 1. The minimum atomic E-state index is 0. The number of rotatable bonds is 1. The Bertz CT molecular complexity index is 609. The smallest absolute Gasteiger partial charge is 0.140 e. The summed E-state index contributed by atoms with van der Waals surface area (Å²) in [5.41, 5.74) is 9.22. The fourth-order valence-electron chi connectivity index (χ4n) is 2.17. The number of aromatic nitrogens is 2. The van der Waals surface area contributed by atoms with Gasteiger partial charge in [0.25, 0.3) is 0 Å². The molecule has 2 aromatic rings. The molecular weight excluding hydrogens is 351 g/mol. The van der Waals surface area contributed by atoms with Gasteiger partial charge in [-0.3, -0.25) is 0 Å². The highest BCUT2D eigenvalue weighted by atomic mass is 79.9. The molecular formula is C12H15BrCl2N4. The molecule has 0 atom stereocenters. The number of anilines is 1. The summed E-state index contributed by atoms with van der Waals surface area (Å²) >= 11 is 3.43. The lowest BCUT2D eigenvalue weighted by Gasteiger charge is -2.13. The van der Waals surface area contributed by atoms with Crippen LogP contribution in [0.15, 0.2) is 22.8 Å². The third-order valence-corrected chi connectivity index (χ3v) is 3.69. The highest BCUT2D eigenvalue weighted by molar-refractivity contribution is 9.10. The van der Waals surface area contributed by atoms with Crippen molar-refractivity contribution in [2.75, 3.05) is 18.8 Å². The van der Waals surface area contributed by atoms with Gasteiger partial charge < -0.3 is 16.0 Å². The third kappa shape index (κ3) is 3.05. The van der Waals surface area contributed by atoms with Crippen LogP contribution in [0.25, 0.3) is 16.6 Å². The molecule has 0 aromatic carbocycles. The zero-order valence-electron chi connectivity index (χ0n) is 10.1. The molecule has 2 aromatic heterocycles. The quantitative estimate of drug-likeness (QED) is 0.727. The van der Waals surface area contributed by atoms with E-state index in [0.29, 0.717) is 5.82 Å². The largest absolute Gasteiger partial charge is 0.383 e. The van der Waals surface area contributed by atoms with Gasteiger partial charge in [-0.15, -0.1) is 24.8 Å². The molecule has 104 valence electrons. The van der Waals surface area contributed by atoms with Gasteiger partial charge in [0.15, 0.2) is 0 Å². The van der Waals surface area contributed by atoms with Crippen molar-refractivity contribution in [2.24, 2.45) is 0 Å². The average Bonchev–Trinajstić information content (AvgIpc) is 2.74. The maximum Gasteiger partial charge on any atom is 0.140 e. The second-order valence-corrected chi connectivity index (χ2v) is 4.99. The van der Waals surface area contributed by atoms with E-state index >= 15 is 0 Å². The molecule has 0 aliphatic carbocycles. The van der Waals surface area contributed by atoms with E-state index in [-0.39, 0.29) is 24.8 Å². The maximum absolute atomic E-state index is 5.77. The van der Waals surface area contributed by atoms with Crippen molar-refractivity contribution < 1.29 is 0 Å². The summed E-state index contributed by atoms with van der Waals surface area (Å²) in [6.07, 6.45) is 5.30. The zero-order valence-corrected chi connectivity index (χ0v) is 13.3. The van der Waals surface area contributed by atoms with E-state index in [1.54, 1.807) is 0 Å². The first-order valence-electron chi connectivity index (χ1n) is 5.59. The Morgan fingerprint density at radius 3 is 2.79 bits per heavy atom. The van der Waals surface area contributed by atoms with E-state index in [0.717, 1.165) is 35.0 Å². The van der Waals surface area contributed by atoms with Crippen LogP contribution in [0, 0.1) is 0 Å². The molecule has 1 aliphatic heterocycles. The Morgan fingerprint density at radius 1 is 1.32 bits per heavy atom. The number of pyridine rings is 1. The van der Waals surface area contributed by atoms with Crippen LogP contribution in [0.5, 0.6) is 0 Å². The standard InChI is InChI=1S/C12H13BrN4.2ClH/c13-10-5-8-9(7-1-3-15-4-2-7)6-16-12(8)17-11(10)14;;/h1,5-6,15H,2-4H2,(H3,14,16,17);2*1H. The van der Waals surface area contributed by atoms with E-state index in [1.165, 1.54) is 11.1 Å². The fourth-order valence-corrected chi connectivity index (χ4v) is 2.49. The van der Waals surface area contributed by atoms with Crippen molar-refractivity contribution in [1.29, 1.82) is 0 Å². The summed E-state index contributed by atoms with van der Waals surface area (Å²) < 4.78 is 0.848. The van der Waals surface area contributed by atoms with E-state index in [2.05, 4.69) is 37.3 Å². The van der Waals surface area contributed by atoms with Gasteiger partial charge in [0.2, 0.25) is 0 Å². The van der Waals surface area contributed by atoms with Crippen LogP contribution in [-0.2, 0) is 0 Å². The fraction of sp³-hybridized carbons (Fsp3) is 0.250. The Kier molecular flexibility index (Phi) is 5.67. The number of halogens is 3. The number of hydrogen-bond donors (Lipinski definition) is 3. The van der Waals surface area contributed by atoms with Crippen molar-refractivity contribution in [3.8, 4) is 0 Å². The molecule has 0 amide bonds. The van der Waals surface area contributed by atoms with E-state index in [9.17, 15) is 0 Å². The lowest BCUT2D eigenvalue weighted by atomic mass is 10.0. The van der Waals surface area contributed by atoms with Crippen molar-refractivity contribution in [1.82, 2.24) is 15.3 Å². The Hall–Kier alpha value is -0.750. The molecule has 4 N–H and O–H groups in total. The van der Waals surface area contributed by atoms with Gasteiger partial charge in [-0.25, -0.2) is 4.98 Å². The summed E-state index contributed by atoms with van der Waals surface area (Å²) in [5, 5.41) is 4.44. The Labute approximate surface area is 132 Å². The Morgan fingerprint density at radius 2 is 2.11 bits per heavy atom. The molecule has 4 nitrogen and oxygen atoms in total. The minimum absolute atomic E-state index is 0. The SMILES string of the molecule is Cl.Cl.Nc1nc2[nH]cc(C3=CCNCC3)c2cc1Br. The zero-order chi connectivity index (χ0) is 11.8. The number of fused-ring (bicyclic) bond motifs is 1. The van der Waals surface area contributed by atoms with Crippen LogP contribution in [0.3, 0.4) is 0 Å². The average molecular weight is 366 g/mol. The molecule has 0 saturated heterocycles. The minimum Gasteiger partial charge on any atom is -0.383 e. The molecule has 7 heteroatoms. The summed E-state index contributed by atoms with van der Waals surface area (Å²) in [4.78, 5) is 7.50. The molecule has 0 radical (unpaired) electrons. The predicted molar refractivity (Wildman–Crippen MR) is 88.2 cm³/mol. The van der Waals surface area contributed by atoms with Crippen LogP contribution < -0.4 is 11.1 Å². The van der Waals surface area contributed by atoms with Gasteiger partial charge in [0, 0.05) is 23.7 Å². The van der Waals surface area contributed by atoms with Gasteiger partial charge in [0.05, 0.1) is 4.47 Å². The number of nitrogens with one attached hydrogen (secondary N) is 2. The molecule has 1 aliphatic rings. The van der Waals surface area contributed by atoms with Crippen LogP contribution in [0.1, 0.15) is 12.0 Å². The number of nitrogen functional groups attached to an aromatic ring is 1. The molecule has 0 fully saturated rings. The van der Waals surface area contributed by atoms with Crippen molar-refractivity contribution in [3.05, 3.63) is 28.4 Å². The first kappa shape index (κ1) is 16.3. The van der Waals surface area contributed by atoms with Gasteiger partial charge in [-0.05, 0) is 40.5 Å². The lowest BCUT2D eigenvalue weighted by molar-refractivity contribution is 0.739. The molecule has 0 spiro atoms. The first-order chi connectivity index (χ1) is 8.25. The number of hydrogen-bond acceptors (Lipinski definition) is 3. The molecule has 19 heavy (non-hydrogen) atoms. The van der Waals surface area contributed by atoms with E-state index < -0.39 is 0 Å². The van der Waals surface area contributed by atoms with Gasteiger partial charge in [-0.2, -0.15) is 0 Å². The maximum atomic E-state index is 5.77. The Balaban J connectivity index is 0.000000902. The van der Waals surface area contributed by atoms with Crippen LogP contribution in [0.2, 0.25) is 0 Å². The summed E-state index contributed by atoms with van der Waals surface area (Å²) in [5.74, 6) is 0.519. The summed E-state index contributed by atoms with van der Waals surface area (Å²) in [7, 11) is 0. The monoisotopic (exact) mass is 364 g/mol. The van der Waals surface area contributed by atoms with E-state index in [1.807, 2.05) is 12.3 Å². The number of aromatic amines is 1. The summed E-state index contributed by atoms with van der Waals surface area (Å²) in [6, 6.07) is 2.03. The van der Waals surface area contributed by atoms with Crippen LogP contribution in [0.4, 0.5) is 5.82 Å². The van der Waals surface area contributed by atoms with Crippen molar-refractivity contribution in [2.45, 2.75) is 6.42 Å². The molecule has 3 heterocycles. The normalized spacial score (nSPS) is 14.5. The van der Waals surface area contributed by atoms with Crippen LogP contribution in [-0.4, -0.2) is 23.1 Å². The number of H-pyrrole nitrogens is 1. The number of nitrogens with two attached hydrogens (primary N) is 1. The van der Waals surface area contributed by atoms with E-state index in [4.69, 9.17) is 5.73 Å². The van der Waals surface area contributed by atoms with Gasteiger partial charge in [-0.1, -0.05) is 6.08 Å². The van der Waals surface area contributed by atoms with Gasteiger partial charge in [0.1, 0.15) is 11.5 Å². The highest BCUT2D eigenvalue weighted by Crippen LogP contribution is 2.30. The highest BCUT2D eigenvalue weighted by Gasteiger charge is 2.13. The second-order valence-electron chi connectivity index (χ2n) is 4.14. The third-order valence-electron chi connectivity index (χ3n) is 3.06. The molecule has 0 bridgehead atoms.